The topological polar surface area (TPSA) is 61.0 Å². The van der Waals surface area contributed by atoms with E-state index in [1.165, 1.54) is 23.9 Å². The smallest absolute Gasteiger partial charge is 0.406 e. The van der Waals surface area contributed by atoms with Gasteiger partial charge in [0, 0.05) is 17.5 Å². The van der Waals surface area contributed by atoms with Crippen molar-refractivity contribution in [2.45, 2.75) is 24.2 Å². The summed E-state index contributed by atoms with van der Waals surface area (Å²) in [5, 5.41) is 0.531. The lowest BCUT2D eigenvalue weighted by atomic mass is 10.2. The minimum atomic E-state index is -4.68. The average molecular weight is 315 g/mol. The highest BCUT2D eigenvalue weighted by Gasteiger charge is 2.30. The van der Waals surface area contributed by atoms with E-state index in [1.807, 2.05) is 6.92 Å². The van der Waals surface area contributed by atoms with Gasteiger partial charge in [-0.05, 0) is 24.6 Å². The van der Waals surface area contributed by atoms with Crippen LogP contribution in [0.25, 0.3) is 0 Å². The number of aryl methyl sites for hydroxylation is 1. The number of nitrogen functional groups attached to an aromatic ring is 1. The fraction of sp³-hybridized carbons (Fsp3) is 0.231. The zero-order valence-electron chi connectivity index (χ0n) is 11.0. The molecule has 0 saturated heterocycles. The van der Waals surface area contributed by atoms with Gasteiger partial charge in [-0.2, -0.15) is 0 Å². The van der Waals surface area contributed by atoms with Gasteiger partial charge in [0.2, 0.25) is 0 Å². The van der Waals surface area contributed by atoms with Gasteiger partial charge < -0.3 is 10.5 Å². The molecule has 2 N–H and O–H groups in total. The van der Waals surface area contributed by atoms with Crippen molar-refractivity contribution in [1.29, 1.82) is 0 Å². The van der Waals surface area contributed by atoms with Gasteiger partial charge in [0.1, 0.15) is 11.6 Å². The van der Waals surface area contributed by atoms with E-state index >= 15 is 0 Å². The first-order valence-corrected chi connectivity index (χ1v) is 6.89. The predicted octanol–water partition coefficient (Wildman–Crippen LogP) is 3.56. The van der Waals surface area contributed by atoms with Crippen molar-refractivity contribution >= 4 is 17.6 Å². The molecule has 0 aliphatic rings. The largest absolute Gasteiger partial charge is 0.573 e. The van der Waals surface area contributed by atoms with Crippen molar-refractivity contribution in [3.63, 3.8) is 0 Å². The van der Waals surface area contributed by atoms with Crippen LogP contribution >= 0.6 is 11.8 Å². The van der Waals surface area contributed by atoms with E-state index in [9.17, 15) is 13.2 Å². The number of nitrogens with zero attached hydrogens (tertiary/aromatic N) is 2. The fourth-order valence-corrected chi connectivity index (χ4v) is 2.43. The third-order valence-electron chi connectivity index (χ3n) is 2.38. The Balaban J connectivity index is 1.97. The lowest BCUT2D eigenvalue weighted by Gasteiger charge is -2.09. The first-order chi connectivity index (χ1) is 9.82. The van der Waals surface area contributed by atoms with Crippen molar-refractivity contribution in [1.82, 2.24) is 9.97 Å². The second kappa shape index (κ2) is 6.21. The van der Waals surface area contributed by atoms with E-state index in [-0.39, 0.29) is 5.75 Å². The highest BCUT2D eigenvalue weighted by atomic mass is 32.2. The number of hydrogen-bond donors (Lipinski definition) is 1. The van der Waals surface area contributed by atoms with Crippen LogP contribution in [0.1, 0.15) is 11.3 Å². The second-order valence-electron chi connectivity index (χ2n) is 4.20. The van der Waals surface area contributed by atoms with Crippen LogP contribution in [0.2, 0.25) is 0 Å². The maximum absolute atomic E-state index is 12.0. The second-order valence-corrected chi connectivity index (χ2v) is 5.14. The molecule has 0 aliphatic heterocycles. The number of alkyl halides is 3. The Morgan fingerprint density at radius 3 is 2.43 bits per heavy atom. The van der Waals surface area contributed by atoms with Crippen LogP contribution in [0.15, 0.2) is 35.5 Å². The first-order valence-electron chi connectivity index (χ1n) is 5.90. The van der Waals surface area contributed by atoms with Crippen molar-refractivity contribution < 1.29 is 17.9 Å². The lowest BCUT2D eigenvalue weighted by Crippen LogP contribution is -2.16. The van der Waals surface area contributed by atoms with E-state index in [4.69, 9.17) is 5.73 Å². The van der Waals surface area contributed by atoms with Crippen LogP contribution in [0.3, 0.4) is 0 Å². The van der Waals surface area contributed by atoms with Crippen LogP contribution in [0.4, 0.5) is 19.0 Å². The minimum Gasteiger partial charge on any atom is -0.406 e. The molecule has 0 atom stereocenters. The molecule has 2 aromatic rings. The molecule has 0 unspecified atom stereocenters. The van der Waals surface area contributed by atoms with Crippen LogP contribution < -0.4 is 10.5 Å². The van der Waals surface area contributed by atoms with Gasteiger partial charge in [-0.15, -0.1) is 13.2 Å². The molecule has 1 aromatic heterocycles. The highest BCUT2D eigenvalue weighted by molar-refractivity contribution is 7.98. The normalized spacial score (nSPS) is 11.4. The summed E-state index contributed by atoms with van der Waals surface area (Å²) in [7, 11) is 0. The molecule has 0 saturated carbocycles. The summed E-state index contributed by atoms with van der Waals surface area (Å²) < 4.78 is 39.9. The Hall–Kier alpha value is -1.96. The number of nitrogens with two attached hydrogens (primary N) is 1. The van der Waals surface area contributed by atoms with Crippen LogP contribution in [-0.2, 0) is 5.75 Å². The van der Waals surface area contributed by atoms with E-state index < -0.39 is 6.36 Å². The summed E-state index contributed by atoms with van der Waals surface area (Å²) in [5.74, 6) is 0.668. The Labute approximate surface area is 123 Å². The van der Waals surface area contributed by atoms with Crippen LogP contribution in [-0.4, -0.2) is 16.3 Å². The zero-order valence-corrected chi connectivity index (χ0v) is 11.8. The van der Waals surface area contributed by atoms with Gasteiger partial charge in [-0.25, -0.2) is 9.97 Å². The summed E-state index contributed by atoms with van der Waals surface area (Å²) in [4.78, 5) is 8.28. The van der Waals surface area contributed by atoms with Gasteiger partial charge in [-0.3, -0.25) is 0 Å². The van der Waals surface area contributed by atoms with Gasteiger partial charge in [0.25, 0.3) is 0 Å². The summed E-state index contributed by atoms with van der Waals surface area (Å²) in [6.45, 7) is 1.81. The number of ether oxygens (including phenoxy) is 1. The Morgan fingerprint density at radius 2 is 1.86 bits per heavy atom. The van der Waals surface area contributed by atoms with Crippen molar-refractivity contribution in [3.05, 3.63) is 41.6 Å². The molecule has 112 valence electrons. The molecular weight excluding hydrogens is 303 g/mol. The molecule has 2 rings (SSSR count). The number of hydrogen-bond acceptors (Lipinski definition) is 5. The molecule has 0 aliphatic carbocycles. The number of anilines is 1. The average Bonchev–Trinajstić information content (AvgIpc) is 2.35. The van der Waals surface area contributed by atoms with E-state index in [0.29, 0.717) is 16.7 Å². The van der Waals surface area contributed by atoms with Crippen molar-refractivity contribution in [2.24, 2.45) is 0 Å². The molecule has 0 fully saturated rings. The lowest BCUT2D eigenvalue weighted by molar-refractivity contribution is -0.274. The quantitative estimate of drug-likeness (QED) is 0.690. The standard InChI is InChI=1S/C13H12F3N3OS/c1-8-6-11(17)19-12(18-8)21-7-9-2-4-10(5-3-9)20-13(14,15)16/h2-6H,7H2,1H3,(H2,17,18,19). The molecule has 1 heterocycles. The zero-order chi connectivity index (χ0) is 15.5. The molecule has 8 heteroatoms. The monoisotopic (exact) mass is 315 g/mol. The summed E-state index contributed by atoms with van der Waals surface area (Å²) in [6.07, 6.45) is -4.68. The summed E-state index contributed by atoms with van der Waals surface area (Å²) >= 11 is 1.36. The summed E-state index contributed by atoms with van der Waals surface area (Å²) in [5.41, 5.74) is 7.21. The maximum Gasteiger partial charge on any atom is 0.573 e. The van der Waals surface area contributed by atoms with E-state index in [0.717, 1.165) is 11.3 Å². The van der Waals surface area contributed by atoms with Gasteiger partial charge in [0.15, 0.2) is 5.16 Å². The SMILES string of the molecule is Cc1cc(N)nc(SCc2ccc(OC(F)(F)F)cc2)n1. The van der Waals surface area contributed by atoms with E-state index in [1.54, 1.807) is 18.2 Å². The summed E-state index contributed by atoms with van der Waals surface area (Å²) in [6, 6.07) is 7.33. The third-order valence-corrected chi connectivity index (χ3v) is 3.30. The Kier molecular flexibility index (Phi) is 4.56. The fourth-order valence-electron chi connectivity index (χ4n) is 1.56. The molecule has 1 aromatic carbocycles. The maximum atomic E-state index is 12.0. The molecule has 0 bridgehead atoms. The first kappa shape index (κ1) is 15.4. The Morgan fingerprint density at radius 1 is 1.19 bits per heavy atom. The molecule has 0 amide bonds. The molecule has 4 nitrogen and oxygen atoms in total. The van der Waals surface area contributed by atoms with Crippen LogP contribution in [0.5, 0.6) is 5.75 Å². The number of aromatic nitrogens is 2. The number of halogens is 3. The van der Waals surface area contributed by atoms with Crippen LogP contribution in [0, 0.1) is 6.92 Å². The Bertz CT molecular complexity index is 597. The minimum absolute atomic E-state index is 0.243. The number of rotatable bonds is 4. The van der Waals surface area contributed by atoms with Gasteiger partial charge in [-0.1, -0.05) is 23.9 Å². The number of thioether (sulfide) groups is 1. The van der Waals surface area contributed by atoms with Crippen molar-refractivity contribution in [3.8, 4) is 5.75 Å². The van der Waals surface area contributed by atoms with E-state index in [2.05, 4.69) is 14.7 Å². The highest BCUT2D eigenvalue weighted by Crippen LogP contribution is 2.25. The number of benzene rings is 1. The van der Waals surface area contributed by atoms with Crippen molar-refractivity contribution in [2.75, 3.05) is 5.73 Å². The molecule has 21 heavy (non-hydrogen) atoms. The predicted molar refractivity (Wildman–Crippen MR) is 73.9 cm³/mol. The van der Waals surface area contributed by atoms with Gasteiger partial charge >= 0.3 is 6.36 Å². The molecule has 0 radical (unpaired) electrons. The van der Waals surface area contributed by atoms with Gasteiger partial charge in [0.05, 0.1) is 0 Å². The third kappa shape index (κ3) is 5.14. The molecule has 0 spiro atoms. The molecular formula is C13H12F3N3OS.